The average Bonchev–Trinajstić information content (AvgIpc) is 2.71. The van der Waals surface area contributed by atoms with Gasteiger partial charge < -0.3 is 20.5 Å². The summed E-state index contributed by atoms with van der Waals surface area (Å²) < 4.78 is 18.7. The molecule has 29 heavy (non-hydrogen) atoms. The molecular weight excluding hydrogens is 504 g/mol. The molecule has 5 nitrogen and oxygen atoms in total. The van der Waals surface area contributed by atoms with E-state index in [1.54, 1.807) is 31.0 Å². The lowest BCUT2D eigenvalue weighted by Gasteiger charge is -2.16. The Balaban J connectivity index is 0.00000420. The number of hydrogen-bond donors (Lipinski definition) is 3. The number of ether oxygens (including phenoxy) is 1. The fraction of sp³-hybridized carbons (Fsp3) is 0.381. The van der Waals surface area contributed by atoms with E-state index in [1.165, 1.54) is 6.07 Å². The van der Waals surface area contributed by atoms with Crippen molar-refractivity contribution in [2.24, 2.45) is 4.99 Å². The van der Waals surface area contributed by atoms with Gasteiger partial charge in [0.25, 0.3) is 0 Å². The van der Waals surface area contributed by atoms with Gasteiger partial charge in [-0.05, 0) is 54.1 Å². The van der Waals surface area contributed by atoms with Crippen molar-refractivity contribution in [3.05, 3.63) is 65.0 Å². The summed E-state index contributed by atoms with van der Waals surface area (Å²) in [5.41, 5.74) is 2.70. The third kappa shape index (κ3) is 8.39. The smallest absolute Gasteiger partial charge is 0.191 e. The second-order valence-corrected chi connectivity index (χ2v) is 7.08. The standard InChI is InChI=1S/C21H28FN3O2S.HI/c1-4-23-21(24-12-16-8-9-18(22)10-17(16)14-28-3)25-13-20(26)15-6-5-7-19(11-15)27-2;/h5-11,20,26H,4,12-14H2,1-3H3,(H2,23,24,25);1H. The van der Waals surface area contributed by atoms with Gasteiger partial charge in [-0.15, -0.1) is 24.0 Å². The maximum atomic E-state index is 13.5. The van der Waals surface area contributed by atoms with E-state index in [0.29, 0.717) is 31.3 Å². The first-order chi connectivity index (χ1) is 13.6. The molecule has 0 radical (unpaired) electrons. The van der Waals surface area contributed by atoms with Gasteiger partial charge in [0, 0.05) is 18.8 Å². The molecule has 0 amide bonds. The fourth-order valence-corrected chi connectivity index (χ4v) is 3.28. The molecular formula is C21H29FIN3O2S. The van der Waals surface area contributed by atoms with Crippen LogP contribution in [0.4, 0.5) is 4.39 Å². The predicted octanol–water partition coefficient (Wildman–Crippen LogP) is 4.10. The first-order valence-corrected chi connectivity index (χ1v) is 10.6. The summed E-state index contributed by atoms with van der Waals surface area (Å²) >= 11 is 1.65. The van der Waals surface area contributed by atoms with Gasteiger partial charge in [-0.25, -0.2) is 9.38 Å². The molecule has 8 heteroatoms. The summed E-state index contributed by atoms with van der Waals surface area (Å²) in [5, 5.41) is 16.8. The van der Waals surface area contributed by atoms with E-state index >= 15 is 0 Å². The third-order valence-electron chi connectivity index (χ3n) is 4.16. The van der Waals surface area contributed by atoms with Crippen LogP contribution in [-0.2, 0) is 12.3 Å². The van der Waals surface area contributed by atoms with E-state index in [1.807, 2.05) is 37.4 Å². The van der Waals surface area contributed by atoms with Crippen molar-refractivity contribution in [1.82, 2.24) is 10.6 Å². The summed E-state index contributed by atoms with van der Waals surface area (Å²) in [6.07, 6.45) is 1.29. The molecule has 0 saturated heterocycles. The van der Waals surface area contributed by atoms with E-state index in [0.717, 1.165) is 22.4 Å². The Labute approximate surface area is 193 Å². The summed E-state index contributed by atoms with van der Waals surface area (Å²) in [5.74, 6) is 1.81. The number of hydrogen-bond acceptors (Lipinski definition) is 4. The molecule has 0 aromatic heterocycles. The van der Waals surface area contributed by atoms with E-state index in [4.69, 9.17) is 4.74 Å². The predicted molar refractivity (Wildman–Crippen MR) is 130 cm³/mol. The minimum absolute atomic E-state index is 0. The summed E-state index contributed by atoms with van der Waals surface area (Å²) in [7, 11) is 1.60. The van der Waals surface area contributed by atoms with Crippen LogP contribution in [-0.4, -0.2) is 37.5 Å². The Bertz CT molecular complexity index is 792. The lowest BCUT2D eigenvalue weighted by atomic mass is 10.1. The quantitative estimate of drug-likeness (QED) is 0.257. The monoisotopic (exact) mass is 533 g/mol. The van der Waals surface area contributed by atoms with Gasteiger partial charge in [-0.1, -0.05) is 18.2 Å². The molecule has 0 aliphatic carbocycles. The number of aliphatic imine (C=N–C) groups is 1. The van der Waals surface area contributed by atoms with Crippen molar-refractivity contribution >= 4 is 41.7 Å². The molecule has 160 valence electrons. The van der Waals surface area contributed by atoms with Crippen LogP contribution < -0.4 is 15.4 Å². The number of aliphatic hydroxyl groups is 1. The van der Waals surface area contributed by atoms with Gasteiger partial charge >= 0.3 is 0 Å². The fourth-order valence-electron chi connectivity index (χ4n) is 2.70. The number of rotatable bonds is 9. The number of aliphatic hydroxyl groups excluding tert-OH is 1. The number of nitrogens with zero attached hydrogens (tertiary/aromatic N) is 1. The van der Waals surface area contributed by atoms with Gasteiger partial charge in [-0.3, -0.25) is 0 Å². The van der Waals surface area contributed by atoms with Crippen LogP contribution in [0.1, 0.15) is 29.7 Å². The summed E-state index contributed by atoms with van der Waals surface area (Å²) in [4.78, 5) is 4.58. The number of methoxy groups -OCH3 is 1. The Hall–Kier alpha value is -1.52. The van der Waals surface area contributed by atoms with Crippen LogP contribution in [0, 0.1) is 5.82 Å². The summed E-state index contributed by atoms with van der Waals surface area (Å²) in [6.45, 7) is 3.41. The molecule has 3 N–H and O–H groups in total. The number of benzene rings is 2. The topological polar surface area (TPSA) is 65.9 Å². The largest absolute Gasteiger partial charge is 0.497 e. The van der Waals surface area contributed by atoms with Crippen molar-refractivity contribution in [2.45, 2.75) is 25.3 Å². The molecule has 2 aromatic rings. The van der Waals surface area contributed by atoms with Gasteiger partial charge in [0.15, 0.2) is 5.96 Å². The Morgan fingerprint density at radius 1 is 1.21 bits per heavy atom. The highest BCUT2D eigenvalue weighted by Gasteiger charge is 2.10. The molecule has 2 aromatic carbocycles. The number of halogens is 2. The zero-order chi connectivity index (χ0) is 20.4. The van der Waals surface area contributed by atoms with E-state index in [2.05, 4.69) is 15.6 Å². The van der Waals surface area contributed by atoms with Gasteiger partial charge in [0.05, 0.1) is 19.8 Å². The molecule has 2 rings (SSSR count). The lowest BCUT2D eigenvalue weighted by Crippen LogP contribution is -2.39. The third-order valence-corrected chi connectivity index (χ3v) is 4.76. The first-order valence-electron chi connectivity index (χ1n) is 9.17. The molecule has 0 aliphatic heterocycles. The minimum Gasteiger partial charge on any atom is -0.497 e. The highest BCUT2D eigenvalue weighted by atomic mass is 127. The van der Waals surface area contributed by atoms with Crippen LogP contribution in [0.25, 0.3) is 0 Å². The number of guanidine groups is 1. The minimum atomic E-state index is -0.697. The zero-order valence-electron chi connectivity index (χ0n) is 16.9. The highest BCUT2D eigenvalue weighted by Crippen LogP contribution is 2.19. The molecule has 1 unspecified atom stereocenters. The van der Waals surface area contributed by atoms with Crippen molar-refractivity contribution in [1.29, 1.82) is 0 Å². The van der Waals surface area contributed by atoms with E-state index in [-0.39, 0.29) is 29.8 Å². The molecule has 1 atom stereocenters. The van der Waals surface area contributed by atoms with Gasteiger partial charge in [0.2, 0.25) is 0 Å². The molecule has 0 fully saturated rings. The highest BCUT2D eigenvalue weighted by molar-refractivity contribution is 14.0. The number of thioether (sulfide) groups is 1. The molecule has 0 aliphatic rings. The molecule has 0 bridgehead atoms. The maximum Gasteiger partial charge on any atom is 0.191 e. The van der Waals surface area contributed by atoms with Crippen LogP contribution in [0.15, 0.2) is 47.5 Å². The van der Waals surface area contributed by atoms with E-state index < -0.39 is 6.10 Å². The van der Waals surface area contributed by atoms with Crippen molar-refractivity contribution in [3.8, 4) is 5.75 Å². The zero-order valence-corrected chi connectivity index (χ0v) is 20.1. The maximum absolute atomic E-state index is 13.5. The number of nitrogens with one attached hydrogen (secondary N) is 2. The second-order valence-electron chi connectivity index (χ2n) is 6.21. The SMILES string of the molecule is CCNC(=NCc1ccc(F)cc1CSC)NCC(O)c1cccc(OC)c1.I. The Morgan fingerprint density at radius 3 is 2.69 bits per heavy atom. The molecule has 0 heterocycles. The molecule has 0 saturated carbocycles. The first kappa shape index (κ1) is 25.5. The van der Waals surface area contributed by atoms with Crippen LogP contribution in [0.5, 0.6) is 5.75 Å². The van der Waals surface area contributed by atoms with Crippen molar-refractivity contribution < 1.29 is 14.2 Å². The summed E-state index contributed by atoms with van der Waals surface area (Å²) in [6, 6.07) is 12.1. The van der Waals surface area contributed by atoms with Crippen LogP contribution in [0.2, 0.25) is 0 Å². The second kappa shape index (κ2) is 13.7. The van der Waals surface area contributed by atoms with Crippen molar-refractivity contribution in [3.63, 3.8) is 0 Å². The van der Waals surface area contributed by atoms with Crippen LogP contribution in [0.3, 0.4) is 0 Å². The van der Waals surface area contributed by atoms with Gasteiger partial charge in [-0.2, -0.15) is 11.8 Å². The normalized spacial score (nSPS) is 12.1. The Morgan fingerprint density at radius 2 is 2.00 bits per heavy atom. The van der Waals surface area contributed by atoms with Gasteiger partial charge in [0.1, 0.15) is 11.6 Å². The van der Waals surface area contributed by atoms with Crippen molar-refractivity contribution in [2.75, 3.05) is 26.5 Å². The lowest BCUT2D eigenvalue weighted by molar-refractivity contribution is 0.180. The van der Waals surface area contributed by atoms with Crippen LogP contribution >= 0.6 is 35.7 Å². The molecule has 0 spiro atoms. The average molecular weight is 533 g/mol. The van der Waals surface area contributed by atoms with E-state index in [9.17, 15) is 9.50 Å². The Kier molecular flexibility index (Phi) is 12.0.